The lowest BCUT2D eigenvalue weighted by Crippen LogP contribution is -2.35. The van der Waals surface area contributed by atoms with Gasteiger partial charge in [0.2, 0.25) is 5.82 Å². The Labute approximate surface area is 186 Å². The van der Waals surface area contributed by atoms with Crippen LogP contribution in [0.15, 0.2) is 53.2 Å². The average Bonchev–Trinajstić information content (AvgIpc) is 3.42. The van der Waals surface area contributed by atoms with Crippen LogP contribution in [0.5, 0.6) is 0 Å². The van der Waals surface area contributed by atoms with Crippen molar-refractivity contribution >= 4 is 5.82 Å². The zero-order valence-electron chi connectivity index (χ0n) is 18.5. The molecule has 0 saturated heterocycles. The molecular formula is C24H26N6O2. The van der Waals surface area contributed by atoms with E-state index in [1.165, 1.54) is 12.0 Å². The number of anilines is 1. The lowest BCUT2D eigenvalue weighted by molar-refractivity contribution is -0.0778. The highest BCUT2D eigenvalue weighted by Crippen LogP contribution is 2.44. The Morgan fingerprint density at radius 3 is 2.59 bits per heavy atom. The first-order valence-corrected chi connectivity index (χ1v) is 10.8. The fourth-order valence-corrected chi connectivity index (χ4v) is 4.09. The van der Waals surface area contributed by atoms with Crippen LogP contribution in [-0.4, -0.2) is 39.1 Å². The average molecular weight is 431 g/mol. The molecular weight excluding hydrogens is 404 g/mol. The topological polar surface area (TPSA) is 90.9 Å². The summed E-state index contributed by atoms with van der Waals surface area (Å²) >= 11 is 0. The van der Waals surface area contributed by atoms with Gasteiger partial charge in [0.15, 0.2) is 5.69 Å². The van der Waals surface area contributed by atoms with E-state index < -0.39 is 0 Å². The summed E-state index contributed by atoms with van der Waals surface area (Å²) in [6.45, 7) is 2.63. The van der Waals surface area contributed by atoms with Crippen LogP contribution in [0.25, 0.3) is 23.0 Å². The van der Waals surface area contributed by atoms with Crippen molar-refractivity contribution in [3.05, 3.63) is 65.5 Å². The molecule has 1 aliphatic rings. The normalized spacial score (nSPS) is 14.8. The second kappa shape index (κ2) is 8.20. The number of ether oxygens (including phenoxy) is 1. The first-order chi connectivity index (χ1) is 15.6. The van der Waals surface area contributed by atoms with Gasteiger partial charge in [-0.05, 0) is 49.4 Å². The second-order valence-electron chi connectivity index (χ2n) is 8.18. The van der Waals surface area contributed by atoms with Crippen LogP contribution in [0.4, 0.5) is 5.82 Å². The van der Waals surface area contributed by atoms with Crippen molar-refractivity contribution < 1.29 is 9.26 Å². The molecule has 8 heteroatoms. The van der Waals surface area contributed by atoms with Gasteiger partial charge in [0.05, 0.1) is 12.1 Å². The van der Waals surface area contributed by atoms with Gasteiger partial charge in [0.25, 0.3) is 5.89 Å². The van der Waals surface area contributed by atoms with Gasteiger partial charge in [-0.2, -0.15) is 10.1 Å². The molecule has 1 N–H and O–H groups in total. The van der Waals surface area contributed by atoms with Crippen LogP contribution in [0.3, 0.4) is 0 Å². The lowest BCUT2D eigenvalue weighted by Gasteiger charge is -2.41. The Hall–Kier alpha value is -3.52. The Kier molecular flexibility index (Phi) is 5.22. The summed E-state index contributed by atoms with van der Waals surface area (Å²) in [4.78, 5) is 8.94. The molecule has 0 amide bonds. The van der Waals surface area contributed by atoms with E-state index in [2.05, 4.69) is 37.7 Å². The standard InChI is InChI=1S/C24H26N6O2/c1-16-13-20(28-30(16)15-17-5-10-21(25-2)26-14-17)23-27-22(29-32-23)18-6-8-19(9-7-18)24(31-3)11-4-12-24/h5-10,13-14H,4,11-12,15H2,1-3H3,(H,25,26). The maximum absolute atomic E-state index is 5.77. The highest BCUT2D eigenvalue weighted by atomic mass is 16.5. The number of methoxy groups -OCH3 is 1. The molecule has 5 rings (SSSR count). The molecule has 0 spiro atoms. The Balaban J connectivity index is 1.34. The van der Waals surface area contributed by atoms with Crippen molar-refractivity contribution in [3.8, 4) is 23.0 Å². The van der Waals surface area contributed by atoms with Gasteiger partial charge in [-0.25, -0.2) is 4.98 Å². The number of nitrogens with one attached hydrogen (secondary N) is 1. The molecule has 8 nitrogen and oxygen atoms in total. The molecule has 1 aromatic carbocycles. The van der Waals surface area contributed by atoms with Crippen LogP contribution in [0, 0.1) is 6.92 Å². The van der Waals surface area contributed by atoms with Crippen LogP contribution >= 0.6 is 0 Å². The molecule has 164 valence electrons. The Morgan fingerprint density at radius 2 is 1.97 bits per heavy atom. The van der Waals surface area contributed by atoms with Gasteiger partial charge in [-0.15, -0.1) is 0 Å². The van der Waals surface area contributed by atoms with Gasteiger partial charge in [0, 0.05) is 31.6 Å². The van der Waals surface area contributed by atoms with E-state index in [4.69, 9.17) is 9.26 Å². The van der Waals surface area contributed by atoms with Crippen molar-refractivity contribution in [3.63, 3.8) is 0 Å². The monoisotopic (exact) mass is 430 g/mol. The number of aryl methyl sites for hydroxylation is 1. The van der Waals surface area contributed by atoms with Gasteiger partial charge < -0.3 is 14.6 Å². The summed E-state index contributed by atoms with van der Waals surface area (Å²) < 4.78 is 13.2. The van der Waals surface area contributed by atoms with Crippen molar-refractivity contribution in [2.75, 3.05) is 19.5 Å². The van der Waals surface area contributed by atoms with Crippen LogP contribution in [0.1, 0.15) is 36.1 Å². The van der Waals surface area contributed by atoms with Gasteiger partial charge in [-0.3, -0.25) is 4.68 Å². The third kappa shape index (κ3) is 3.67. The fraction of sp³-hybridized carbons (Fsp3) is 0.333. The molecule has 32 heavy (non-hydrogen) atoms. The Bertz CT molecular complexity index is 1200. The summed E-state index contributed by atoms with van der Waals surface area (Å²) in [6.07, 6.45) is 5.17. The maximum Gasteiger partial charge on any atom is 0.278 e. The number of hydrogen-bond donors (Lipinski definition) is 1. The highest BCUT2D eigenvalue weighted by molar-refractivity contribution is 5.58. The Morgan fingerprint density at radius 1 is 1.16 bits per heavy atom. The third-order valence-electron chi connectivity index (χ3n) is 6.26. The molecule has 0 unspecified atom stereocenters. The summed E-state index contributed by atoms with van der Waals surface area (Å²) in [5.74, 6) is 1.79. The molecule has 1 fully saturated rings. The van der Waals surface area contributed by atoms with Gasteiger partial charge >= 0.3 is 0 Å². The first kappa shape index (κ1) is 20.4. The molecule has 4 aromatic rings. The zero-order chi connectivity index (χ0) is 22.1. The number of nitrogens with zero attached hydrogens (tertiary/aromatic N) is 5. The lowest BCUT2D eigenvalue weighted by atomic mass is 9.75. The smallest absolute Gasteiger partial charge is 0.278 e. The minimum atomic E-state index is -0.131. The predicted molar refractivity (Wildman–Crippen MR) is 121 cm³/mol. The minimum absolute atomic E-state index is 0.131. The number of pyridine rings is 1. The molecule has 0 atom stereocenters. The molecule has 3 aromatic heterocycles. The number of rotatable bonds is 7. The third-order valence-corrected chi connectivity index (χ3v) is 6.26. The summed E-state index contributed by atoms with van der Waals surface area (Å²) in [7, 11) is 3.64. The number of benzene rings is 1. The van der Waals surface area contributed by atoms with E-state index in [9.17, 15) is 0 Å². The zero-order valence-corrected chi connectivity index (χ0v) is 18.5. The molecule has 0 bridgehead atoms. The highest BCUT2D eigenvalue weighted by Gasteiger charge is 2.38. The summed E-state index contributed by atoms with van der Waals surface area (Å²) in [6, 6.07) is 14.2. The van der Waals surface area contributed by atoms with Crippen LogP contribution < -0.4 is 5.32 Å². The quantitative estimate of drug-likeness (QED) is 0.464. The van der Waals surface area contributed by atoms with E-state index in [0.29, 0.717) is 24.0 Å². The van der Waals surface area contributed by atoms with Gasteiger partial charge in [0.1, 0.15) is 5.82 Å². The SMILES string of the molecule is CNc1ccc(Cn2nc(-c3nc(-c4ccc(C5(OC)CCC5)cc4)no3)cc2C)cn1. The molecule has 1 saturated carbocycles. The van der Waals surface area contributed by atoms with Crippen molar-refractivity contribution in [1.82, 2.24) is 24.9 Å². The number of aromatic nitrogens is 5. The second-order valence-corrected chi connectivity index (χ2v) is 8.18. The van der Waals surface area contributed by atoms with E-state index >= 15 is 0 Å². The van der Waals surface area contributed by atoms with Crippen LogP contribution in [-0.2, 0) is 16.9 Å². The number of hydrogen-bond acceptors (Lipinski definition) is 7. The van der Waals surface area contributed by atoms with E-state index in [1.54, 1.807) is 7.11 Å². The predicted octanol–water partition coefficient (Wildman–Crippen LogP) is 4.42. The summed E-state index contributed by atoms with van der Waals surface area (Å²) in [5, 5.41) is 11.9. The molecule has 3 heterocycles. The molecule has 0 aliphatic heterocycles. The van der Waals surface area contributed by atoms with E-state index in [1.807, 2.05) is 55.2 Å². The van der Waals surface area contributed by atoms with E-state index in [-0.39, 0.29) is 5.60 Å². The van der Waals surface area contributed by atoms with Gasteiger partial charge in [-0.1, -0.05) is 35.5 Å². The van der Waals surface area contributed by atoms with Crippen molar-refractivity contribution in [1.29, 1.82) is 0 Å². The largest absolute Gasteiger partial charge is 0.374 e. The molecule has 1 aliphatic carbocycles. The van der Waals surface area contributed by atoms with Crippen LogP contribution in [0.2, 0.25) is 0 Å². The molecule has 0 radical (unpaired) electrons. The minimum Gasteiger partial charge on any atom is -0.374 e. The van der Waals surface area contributed by atoms with Crippen molar-refractivity contribution in [2.45, 2.75) is 38.3 Å². The first-order valence-electron chi connectivity index (χ1n) is 10.8. The van der Waals surface area contributed by atoms with Crippen molar-refractivity contribution in [2.24, 2.45) is 0 Å². The summed E-state index contributed by atoms with van der Waals surface area (Å²) in [5.41, 5.74) is 4.70. The maximum atomic E-state index is 5.77. The van der Waals surface area contributed by atoms with E-state index in [0.717, 1.165) is 35.5 Å². The fourth-order valence-electron chi connectivity index (χ4n) is 4.09.